The van der Waals surface area contributed by atoms with Crippen LogP contribution in [0.1, 0.15) is 26.3 Å². The average molecular weight is 397 g/mol. The molecule has 2 rings (SSSR count). The van der Waals surface area contributed by atoms with Crippen molar-refractivity contribution in [3.8, 4) is 5.75 Å². The third kappa shape index (κ3) is 5.26. The van der Waals surface area contributed by atoms with E-state index in [-0.39, 0.29) is 17.9 Å². The second-order valence-electron chi connectivity index (χ2n) is 6.24. The lowest BCUT2D eigenvalue weighted by molar-refractivity contribution is -0.118. The summed E-state index contributed by atoms with van der Waals surface area (Å²) in [5.74, 6) is 0.364. The van der Waals surface area contributed by atoms with Crippen LogP contribution in [-0.4, -0.2) is 12.5 Å². The largest absolute Gasteiger partial charge is 0.483 e. The van der Waals surface area contributed by atoms with E-state index in [1.807, 2.05) is 24.3 Å². The Kier molecular flexibility index (Phi) is 5.71. The average Bonchev–Trinajstić information content (AvgIpc) is 2.46. The van der Waals surface area contributed by atoms with Crippen molar-refractivity contribution in [3.05, 3.63) is 57.5 Å². The summed E-state index contributed by atoms with van der Waals surface area (Å²) >= 11 is 9.22. The van der Waals surface area contributed by atoms with Gasteiger partial charge in [-0.3, -0.25) is 4.79 Å². The normalized spacial score (nSPS) is 11.2. The molecule has 0 saturated heterocycles. The van der Waals surface area contributed by atoms with Crippen LogP contribution >= 0.6 is 27.5 Å². The van der Waals surface area contributed by atoms with Gasteiger partial charge >= 0.3 is 0 Å². The minimum atomic E-state index is -0.213. The molecule has 5 heteroatoms. The smallest absolute Gasteiger partial charge is 0.262 e. The van der Waals surface area contributed by atoms with Gasteiger partial charge in [0.15, 0.2) is 6.61 Å². The molecule has 3 nitrogen and oxygen atoms in total. The van der Waals surface area contributed by atoms with Crippen LogP contribution in [-0.2, 0) is 10.2 Å². The molecule has 0 saturated carbocycles. The van der Waals surface area contributed by atoms with Crippen molar-refractivity contribution in [2.75, 3.05) is 11.9 Å². The molecule has 1 amide bonds. The lowest BCUT2D eigenvalue weighted by Crippen LogP contribution is -2.20. The number of carbonyl (C=O) groups is 1. The van der Waals surface area contributed by atoms with Gasteiger partial charge < -0.3 is 10.1 Å². The summed E-state index contributed by atoms with van der Waals surface area (Å²) in [6, 6.07) is 13.0. The lowest BCUT2D eigenvalue weighted by atomic mass is 9.87. The van der Waals surface area contributed by atoms with E-state index in [2.05, 4.69) is 42.0 Å². The van der Waals surface area contributed by atoms with E-state index < -0.39 is 0 Å². The van der Waals surface area contributed by atoms with Gasteiger partial charge in [0.1, 0.15) is 5.75 Å². The van der Waals surface area contributed by atoms with Crippen LogP contribution in [0.15, 0.2) is 46.9 Å². The molecule has 0 fully saturated rings. The molecule has 0 aromatic heterocycles. The minimum absolute atomic E-state index is 0.0682. The summed E-state index contributed by atoms with van der Waals surface area (Å²) in [5.41, 5.74) is 2.06. The highest BCUT2D eigenvalue weighted by Gasteiger charge is 2.13. The zero-order chi connectivity index (χ0) is 17.0. The first-order valence-electron chi connectivity index (χ1n) is 7.24. The third-order valence-electron chi connectivity index (χ3n) is 3.29. The number of rotatable bonds is 4. The number of nitrogens with one attached hydrogen (secondary N) is 1. The molecule has 0 bridgehead atoms. The van der Waals surface area contributed by atoms with Gasteiger partial charge in [0.05, 0.1) is 4.47 Å². The maximum atomic E-state index is 12.0. The number of hydrogen-bond acceptors (Lipinski definition) is 2. The first-order chi connectivity index (χ1) is 10.8. The fraction of sp³-hybridized carbons (Fsp3) is 0.278. The van der Waals surface area contributed by atoms with Crippen molar-refractivity contribution < 1.29 is 9.53 Å². The zero-order valence-corrected chi connectivity index (χ0v) is 15.7. The highest BCUT2D eigenvalue weighted by molar-refractivity contribution is 9.10. The molecule has 0 radical (unpaired) electrons. The topological polar surface area (TPSA) is 38.3 Å². The van der Waals surface area contributed by atoms with E-state index in [0.29, 0.717) is 15.2 Å². The molecule has 2 aromatic rings. The van der Waals surface area contributed by atoms with Gasteiger partial charge in [0, 0.05) is 10.7 Å². The first-order valence-corrected chi connectivity index (χ1v) is 8.41. The second-order valence-corrected chi connectivity index (χ2v) is 7.53. The quantitative estimate of drug-likeness (QED) is 0.749. The maximum absolute atomic E-state index is 12.0. The number of amides is 1. The Bertz CT molecular complexity index is 693. The van der Waals surface area contributed by atoms with Crippen LogP contribution in [0, 0.1) is 0 Å². The Morgan fingerprint density at radius 2 is 1.83 bits per heavy atom. The van der Waals surface area contributed by atoms with Gasteiger partial charge in [-0.2, -0.15) is 0 Å². The predicted octanol–water partition coefficient (Wildman–Crippen LogP) is 5.42. The number of benzene rings is 2. The van der Waals surface area contributed by atoms with E-state index >= 15 is 0 Å². The molecule has 0 atom stereocenters. The van der Waals surface area contributed by atoms with Crippen molar-refractivity contribution in [2.45, 2.75) is 26.2 Å². The van der Waals surface area contributed by atoms with Gasteiger partial charge in [0.2, 0.25) is 0 Å². The monoisotopic (exact) mass is 395 g/mol. The van der Waals surface area contributed by atoms with E-state index in [1.54, 1.807) is 18.2 Å². The van der Waals surface area contributed by atoms with Crippen LogP contribution in [0.2, 0.25) is 5.02 Å². The number of anilines is 1. The summed E-state index contributed by atoms with van der Waals surface area (Å²) in [6.07, 6.45) is 0. The molecule has 23 heavy (non-hydrogen) atoms. The molecular formula is C18H19BrClNO2. The molecule has 0 aliphatic carbocycles. The van der Waals surface area contributed by atoms with Crippen molar-refractivity contribution in [1.82, 2.24) is 0 Å². The molecule has 0 unspecified atom stereocenters. The van der Waals surface area contributed by atoms with Crippen molar-refractivity contribution in [2.24, 2.45) is 0 Å². The van der Waals surface area contributed by atoms with E-state index in [0.717, 1.165) is 5.69 Å². The van der Waals surface area contributed by atoms with Crippen molar-refractivity contribution in [3.63, 3.8) is 0 Å². The number of halogens is 2. The van der Waals surface area contributed by atoms with Crippen LogP contribution < -0.4 is 10.1 Å². The number of ether oxygens (including phenoxy) is 1. The Morgan fingerprint density at radius 1 is 1.17 bits per heavy atom. The third-order valence-corrected chi connectivity index (χ3v) is 4.14. The fourth-order valence-electron chi connectivity index (χ4n) is 1.99. The molecule has 122 valence electrons. The second kappa shape index (κ2) is 7.37. The van der Waals surface area contributed by atoms with Crippen LogP contribution in [0.4, 0.5) is 5.69 Å². The molecule has 0 spiro atoms. The van der Waals surface area contributed by atoms with Crippen molar-refractivity contribution in [1.29, 1.82) is 0 Å². The minimum Gasteiger partial charge on any atom is -0.483 e. The van der Waals surface area contributed by atoms with Gasteiger partial charge in [-0.1, -0.05) is 44.5 Å². The zero-order valence-electron chi connectivity index (χ0n) is 13.3. The SMILES string of the molecule is CC(C)(C)c1ccc(NC(=O)COc2ccc(Cl)cc2Br)cc1. The van der Waals surface area contributed by atoms with E-state index in [1.165, 1.54) is 5.56 Å². The Labute approximate surface area is 150 Å². The van der Waals surface area contributed by atoms with Crippen LogP contribution in [0.3, 0.4) is 0 Å². The van der Waals surface area contributed by atoms with Gasteiger partial charge in [-0.05, 0) is 57.2 Å². The van der Waals surface area contributed by atoms with Crippen LogP contribution in [0.5, 0.6) is 5.75 Å². The standard InChI is InChI=1S/C18H19BrClNO2/c1-18(2,3)12-4-7-14(8-5-12)21-17(22)11-23-16-9-6-13(20)10-15(16)19/h4-10H,11H2,1-3H3,(H,21,22). The number of hydrogen-bond donors (Lipinski definition) is 1. The Morgan fingerprint density at radius 3 is 2.39 bits per heavy atom. The molecule has 0 aliphatic heterocycles. The maximum Gasteiger partial charge on any atom is 0.262 e. The molecule has 0 aliphatic rings. The highest BCUT2D eigenvalue weighted by Crippen LogP contribution is 2.28. The predicted molar refractivity (Wildman–Crippen MR) is 98.4 cm³/mol. The summed E-state index contributed by atoms with van der Waals surface area (Å²) < 4.78 is 6.20. The highest BCUT2D eigenvalue weighted by atomic mass is 79.9. The summed E-state index contributed by atoms with van der Waals surface area (Å²) in [5, 5.41) is 3.42. The summed E-state index contributed by atoms with van der Waals surface area (Å²) in [6.45, 7) is 6.39. The Balaban J connectivity index is 1.92. The van der Waals surface area contributed by atoms with Crippen LogP contribution in [0.25, 0.3) is 0 Å². The fourth-order valence-corrected chi connectivity index (χ4v) is 2.78. The van der Waals surface area contributed by atoms with Gasteiger partial charge in [-0.15, -0.1) is 0 Å². The number of carbonyl (C=O) groups excluding carboxylic acids is 1. The van der Waals surface area contributed by atoms with Crippen molar-refractivity contribution >= 4 is 39.1 Å². The van der Waals surface area contributed by atoms with E-state index in [9.17, 15) is 4.79 Å². The summed E-state index contributed by atoms with van der Waals surface area (Å²) in [4.78, 5) is 12.0. The Hall–Kier alpha value is -1.52. The summed E-state index contributed by atoms with van der Waals surface area (Å²) in [7, 11) is 0. The molecule has 1 N–H and O–H groups in total. The lowest BCUT2D eigenvalue weighted by Gasteiger charge is -2.19. The van der Waals surface area contributed by atoms with E-state index in [4.69, 9.17) is 16.3 Å². The van der Waals surface area contributed by atoms with Gasteiger partial charge in [0.25, 0.3) is 5.91 Å². The van der Waals surface area contributed by atoms with Gasteiger partial charge in [-0.25, -0.2) is 0 Å². The first kappa shape index (κ1) is 17.8. The molecule has 0 heterocycles. The molecular weight excluding hydrogens is 378 g/mol. The molecule has 2 aromatic carbocycles.